The standard InChI is InChI=1S/C28H30N3O3/c29-28(33)26-17-25(34-20-22-9-5-2-6-10-22)13-11-23(26)12-14-27(32)31(24-15-16-30-18-24)19-21-7-3-1-4-8-21/h1-11,13-14,17,24,30H,12,15-16,18-20H2,(H2,29,33). The van der Waals surface area contributed by atoms with Crippen LogP contribution in [0.2, 0.25) is 0 Å². The fraction of sp³-hybridized carbons (Fsp3) is 0.250. The van der Waals surface area contributed by atoms with Crippen LogP contribution >= 0.6 is 0 Å². The van der Waals surface area contributed by atoms with E-state index in [1.54, 1.807) is 12.5 Å². The second-order valence-corrected chi connectivity index (χ2v) is 8.46. The Morgan fingerprint density at radius 2 is 1.71 bits per heavy atom. The molecule has 1 aliphatic rings. The van der Waals surface area contributed by atoms with Gasteiger partial charge < -0.3 is 20.7 Å². The Hall–Kier alpha value is -3.64. The van der Waals surface area contributed by atoms with Crippen LogP contribution in [0.3, 0.4) is 0 Å². The molecular weight excluding hydrogens is 426 g/mol. The lowest BCUT2D eigenvalue weighted by atomic mass is 10.0. The third-order valence-corrected chi connectivity index (χ3v) is 6.05. The molecule has 0 saturated carbocycles. The first-order valence-corrected chi connectivity index (χ1v) is 11.6. The van der Waals surface area contributed by atoms with E-state index >= 15 is 0 Å². The van der Waals surface area contributed by atoms with Crippen LogP contribution in [0.5, 0.6) is 5.75 Å². The summed E-state index contributed by atoms with van der Waals surface area (Å²) in [4.78, 5) is 27.3. The molecule has 1 saturated heterocycles. The largest absolute Gasteiger partial charge is 0.489 e. The van der Waals surface area contributed by atoms with Crippen molar-refractivity contribution >= 4 is 11.8 Å². The number of nitrogens with zero attached hydrogens (tertiary/aromatic N) is 1. The fourth-order valence-electron chi connectivity index (χ4n) is 4.18. The summed E-state index contributed by atoms with van der Waals surface area (Å²) < 4.78 is 5.84. The number of hydrogen-bond acceptors (Lipinski definition) is 4. The molecule has 1 radical (unpaired) electrons. The minimum absolute atomic E-state index is 0.0441. The summed E-state index contributed by atoms with van der Waals surface area (Å²) in [5.74, 6) is -0.0185. The van der Waals surface area contributed by atoms with Gasteiger partial charge in [-0.2, -0.15) is 0 Å². The van der Waals surface area contributed by atoms with Crippen molar-refractivity contribution in [1.82, 2.24) is 10.2 Å². The van der Waals surface area contributed by atoms with E-state index in [1.807, 2.05) is 77.7 Å². The highest BCUT2D eigenvalue weighted by Gasteiger charge is 2.27. The van der Waals surface area contributed by atoms with Crippen LogP contribution in [0, 0.1) is 6.42 Å². The maximum absolute atomic E-state index is 13.2. The van der Waals surface area contributed by atoms with Crippen LogP contribution in [0.1, 0.15) is 33.5 Å². The first-order chi connectivity index (χ1) is 16.6. The number of carbonyl (C=O) groups excluding carboxylic acids is 2. The van der Waals surface area contributed by atoms with Crippen molar-refractivity contribution in [3.8, 4) is 5.75 Å². The van der Waals surface area contributed by atoms with E-state index in [0.717, 1.165) is 30.6 Å². The molecule has 4 rings (SSSR count). The molecule has 3 aromatic carbocycles. The first-order valence-electron chi connectivity index (χ1n) is 11.6. The van der Waals surface area contributed by atoms with E-state index in [2.05, 4.69) is 5.32 Å². The van der Waals surface area contributed by atoms with E-state index in [0.29, 0.717) is 36.4 Å². The van der Waals surface area contributed by atoms with Gasteiger partial charge in [-0.3, -0.25) is 9.59 Å². The van der Waals surface area contributed by atoms with Crippen molar-refractivity contribution in [2.24, 2.45) is 5.73 Å². The highest BCUT2D eigenvalue weighted by Crippen LogP contribution is 2.22. The highest BCUT2D eigenvalue weighted by atomic mass is 16.5. The third kappa shape index (κ3) is 6.23. The minimum Gasteiger partial charge on any atom is -0.489 e. The van der Waals surface area contributed by atoms with Gasteiger partial charge in [0.15, 0.2) is 0 Å². The molecule has 3 aromatic rings. The number of hydrogen-bond donors (Lipinski definition) is 2. The monoisotopic (exact) mass is 456 g/mol. The first kappa shape index (κ1) is 23.5. The lowest BCUT2D eigenvalue weighted by molar-refractivity contribution is -0.130. The molecule has 1 atom stereocenters. The molecule has 0 aromatic heterocycles. The summed E-state index contributed by atoms with van der Waals surface area (Å²) in [6.07, 6.45) is 2.89. The topological polar surface area (TPSA) is 84.7 Å². The maximum Gasteiger partial charge on any atom is 0.249 e. The molecule has 6 nitrogen and oxygen atoms in total. The lowest BCUT2D eigenvalue weighted by Gasteiger charge is -2.29. The lowest BCUT2D eigenvalue weighted by Crippen LogP contribution is -2.41. The van der Waals surface area contributed by atoms with Crippen LogP contribution in [-0.2, 0) is 24.4 Å². The van der Waals surface area contributed by atoms with Crippen molar-refractivity contribution in [1.29, 1.82) is 0 Å². The van der Waals surface area contributed by atoms with Crippen LogP contribution in [0.15, 0.2) is 78.9 Å². The van der Waals surface area contributed by atoms with Gasteiger partial charge in [0.25, 0.3) is 0 Å². The van der Waals surface area contributed by atoms with E-state index in [9.17, 15) is 9.59 Å². The van der Waals surface area contributed by atoms with Crippen molar-refractivity contribution in [2.75, 3.05) is 13.1 Å². The van der Waals surface area contributed by atoms with Crippen LogP contribution < -0.4 is 15.8 Å². The van der Waals surface area contributed by atoms with Gasteiger partial charge in [-0.25, -0.2) is 0 Å². The molecule has 34 heavy (non-hydrogen) atoms. The Bertz CT molecular complexity index is 1100. The number of benzene rings is 3. The normalized spacial score (nSPS) is 15.1. The van der Waals surface area contributed by atoms with Gasteiger partial charge in [0, 0.05) is 24.7 Å². The summed E-state index contributed by atoms with van der Waals surface area (Å²) in [6, 6.07) is 25.2. The smallest absolute Gasteiger partial charge is 0.249 e. The Kier molecular flexibility index (Phi) is 7.94. The summed E-state index contributed by atoms with van der Waals surface area (Å²) in [5.41, 5.74) is 8.84. The van der Waals surface area contributed by atoms with Crippen LogP contribution in [0.25, 0.3) is 0 Å². The molecule has 0 aliphatic carbocycles. The molecule has 1 heterocycles. The zero-order valence-electron chi connectivity index (χ0n) is 19.2. The number of nitrogens with two attached hydrogens (primary N) is 1. The Morgan fingerprint density at radius 1 is 1.00 bits per heavy atom. The molecule has 0 bridgehead atoms. The maximum atomic E-state index is 13.2. The number of primary amides is 1. The third-order valence-electron chi connectivity index (χ3n) is 6.05. The number of amides is 2. The zero-order valence-corrected chi connectivity index (χ0v) is 19.2. The number of rotatable bonds is 10. The van der Waals surface area contributed by atoms with Crippen molar-refractivity contribution in [2.45, 2.75) is 32.0 Å². The average molecular weight is 457 g/mol. The van der Waals surface area contributed by atoms with E-state index < -0.39 is 5.91 Å². The van der Waals surface area contributed by atoms with Gasteiger partial charge >= 0.3 is 0 Å². The SMILES string of the molecule is NC(=O)c1cc(OCc2ccccc2)ccc1C[CH]C(=O)N(Cc1ccccc1)C1CCNC1. The minimum atomic E-state index is -0.540. The Morgan fingerprint density at radius 3 is 2.35 bits per heavy atom. The van der Waals surface area contributed by atoms with Gasteiger partial charge in [-0.15, -0.1) is 0 Å². The van der Waals surface area contributed by atoms with Gasteiger partial charge in [-0.05, 0) is 48.2 Å². The molecule has 175 valence electrons. The van der Waals surface area contributed by atoms with E-state index in [-0.39, 0.29) is 11.9 Å². The van der Waals surface area contributed by atoms with Crippen molar-refractivity contribution in [3.05, 3.63) is 108 Å². The molecule has 1 unspecified atom stereocenters. The quantitative estimate of drug-likeness (QED) is 0.489. The molecule has 1 aliphatic heterocycles. The predicted molar refractivity (Wildman–Crippen MR) is 132 cm³/mol. The summed E-state index contributed by atoms with van der Waals surface area (Å²) in [5, 5.41) is 3.34. The van der Waals surface area contributed by atoms with E-state index in [4.69, 9.17) is 10.5 Å². The predicted octanol–water partition coefficient (Wildman–Crippen LogP) is 3.50. The molecule has 6 heteroatoms. The van der Waals surface area contributed by atoms with Gasteiger partial charge in [-0.1, -0.05) is 66.7 Å². The molecule has 1 fully saturated rings. The molecular formula is C28H30N3O3. The zero-order chi connectivity index (χ0) is 23.8. The second kappa shape index (κ2) is 11.5. The number of carbonyl (C=O) groups is 2. The van der Waals surface area contributed by atoms with Crippen LogP contribution in [0.4, 0.5) is 0 Å². The Labute approximate surface area is 200 Å². The van der Waals surface area contributed by atoms with Crippen molar-refractivity contribution in [3.63, 3.8) is 0 Å². The van der Waals surface area contributed by atoms with E-state index in [1.165, 1.54) is 0 Å². The van der Waals surface area contributed by atoms with Gasteiger partial charge in [0.2, 0.25) is 11.8 Å². The Balaban J connectivity index is 1.43. The molecule has 3 N–H and O–H groups in total. The highest BCUT2D eigenvalue weighted by molar-refractivity contribution is 5.95. The second-order valence-electron chi connectivity index (χ2n) is 8.46. The van der Waals surface area contributed by atoms with Gasteiger partial charge in [0.05, 0.1) is 6.42 Å². The summed E-state index contributed by atoms with van der Waals surface area (Å²) in [6.45, 7) is 2.64. The summed E-state index contributed by atoms with van der Waals surface area (Å²) in [7, 11) is 0. The molecule has 0 spiro atoms. The fourth-order valence-corrected chi connectivity index (χ4v) is 4.18. The van der Waals surface area contributed by atoms with Crippen LogP contribution in [-0.4, -0.2) is 35.8 Å². The average Bonchev–Trinajstić information content (AvgIpc) is 3.40. The number of ether oxygens (including phenoxy) is 1. The molecule has 2 amide bonds. The van der Waals surface area contributed by atoms with Gasteiger partial charge in [0.1, 0.15) is 12.4 Å². The summed E-state index contributed by atoms with van der Waals surface area (Å²) >= 11 is 0. The number of nitrogens with one attached hydrogen (secondary N) is 1. The van der Waals surface area contributed by atoms with Crippen molar-refractivity contribution < 1.29 is 14.3 Å².